The van der Waals surface area contributed by atoms with Crippen LogP contribution in [0.1, 0.15) is 155 Å². The lowest BCUT2D eigenvalue weighted by atomic mass is 10.00. The molecule has 1 heterocycles. The van der Waals surface area contributed by atoms with Crippen molar-refractivity contribution in [3.8, 4) is 0 Å². The molecule has 0 amide bonds. The normalized spacial score (nSPS) is 20.4. The quantitative estimate of drug-likeness (QED) is 0.0198. The molecule has 1 rings (SSSR count). The molecule has 0 bridgehead atoms. The molecule has 1 fully saturated rings. The summed E-state index contributed by atoms with van der Waals surface area (Å²) in [5, 5.41) is 30.9. The van der Waals surface area contributed by atoms with Gasteiger partial charge in [-0.2, -0.15) is 8.42 Å². The van der Waals surface area contributed by atoms with E-state index in [9.17, 15) is 37.9 Å². The van der Waals surface area contributed by atoms with Crippen LogP contribution >= 0.6 is 0 Å². The van der Waals surface area contributed by atoms with Crippen molar-refractivity contribution in [3.63, 3.8) is 0 Å². The smallest absolute Gasteiger partial charge is 0.306 e. The fraction of sp³-hybridized carbons (Fsp3) is 0.623. The van der Waals surface area contributed by atoms with Gasteiger partial charge in [0.15, 0.2) is 12.4 Å². The molecular formula is C53H84O12S. The lowest BCUT2D eigenvalue weighted by Gasteiger charge is -2.40. The van der Waals surface area contributed by atoms with Gasteiger partial charge in [0.05, 0.1) is 6.61 Å². The van der Waals surface area contributed by atoms with E-state index < -0.39 is 71.2 Å². The van der Waals surface area contributed by atoms with Gasteiger partial charge in [0.2, 0.25) is 0 Å². The highest BCUT2D eigenvalue weighted by molar-refractivity contribution is 7.85. The van der Waals surface area contributed by atoms with E-state index in [1.165, 1.54) is 19.3 Å². The van der Waals surface area contributed by atoms with Gasteiger partial charge in [-0.3, -0.25) is 14.1 Å². The highest BCUT2D eigenvalue weighted by atomic mass is 32.2. The monoisotopic (exact) mass is 945 g/mol. The van der Waals surface area contributed by atoms with Crippen LogP contribution in [0.4, 0.5) is 0 Å². The molecule has 0 aromatic carbocycles. The van der Waals surface area contributed by atoms with Gasteiger partial charge in [0.1, 0.15) is 36.8 Å². The summed E-state index contributed by atoms with van der Waals surface area (Å²) in [4.78, 5) is 25.5. The Morgan fingerprint density at radius 3 is 1.39 bits per heavy atom. The SMILES string of the molecule is CC/C=C\C/C=C\C/C=C\C/C=C\C/C=C\CCCC(=O)OC(COC(=O)CCCCCCCCCC/C=C\C/C=C\C/C=C\C/C=C\CC)COC1OC(CS(=O)(=O)O)C(O)C(O)C1O. The molecule has 374 valence electrons. The summed E-state index contributed by atoms with van der Waals surface area (Å²) in [5.41, 5.74) is 0. The van der Waals surface area contributed by atoms with Crippen molar-refractivity contribution in [2.24, 2.45) is 0 Å². The number of hydrogen-bond acceptors (Lipinski definition) is 11. The number of carbonyl (C=O) groups is 2. The van der Waals surface area contributed by atoms with Crippen molar-refractivity contribution >= 4 is 22.1 Å². The van der Waals surface area contributed by atoms with Gasteiger partial charge in [0, 0.05) is 12.8 Å². The van der Waals surface area contributed by atoms with Gasteiger partial charge in [-0.1, -0.05) is 162 Å². The van der Waals surface area contributed by atoms with Crippen LogP contribution in [0.25, 0.3) is 0 Å². The number of esters is 2. The number of ether oxygens (including phenoxy) is 4. The zero-order valence-electron chi connectivity index (χ0n) is 40.0. The summed E-state index contributed by atoms with van der Waals surface area (Å²) in [6, 6.07) is 0. The van der Waals surface area contributed by atoms with Crippen molar-refractivity contribution in [2.45, 2.75) is 192 Å². The van der Waals surface area contributed by atoms with Crippen LogP contribution in [-0.4, -0.2) is 96.0 Å². The second-order valence-corrected chi connectivity index (χ2v) is 17.9. The van der Waals surface area contributed by atoms with Crippen LogP contribution in [0.15, 0.2) is 109 Å². The van der Waals surface area contributed by atoms with Crippen LogP contribution < -0.4 is 0 Å². The first-order valence-corrected chi connectivity index (χ1v) is 26.1. The van der Waals surface area contributed by atoms with Gasteiger partial charge in [-0.15, -0.1) is 0 Å². The lowest BCUT2D eigenvalue weighted by molar-refractivity contribution is -0.297. The van der Waals surface area contributed by atoms with E-state index in [0.717, 1.165) is 89.9 Å². The first kappa shape index (κ1) is 60.3. The van der Waals surface area contributed by atoms with E-state index in [4.69, 9.17) is 18.9 Å². The molecular weight excluding hydrogens is 861 g/mol. The predicted molar refractivity (Wildman–Crippen MR) is 265 cm³/mol. The molecule has 13 heteroatoms. The summed E-state index contributed by atoms with van der Waals surface area (Å²) in [6.07, 6.45) is 48.5. The molecule has 0 radical (unpaired) electrons. The van der Waals surface area contributed by atoms with Gasteiger partial charge >= 0.3 is 11.9 Å². The Bertz CT molecular complexity index is 1620. The van der Waals surface area contributed by atoms with Gasteiger partial charge in [-0.25, -0.2) is 0 Å². The number of rotatable bonds is 39. The number of aliphatic hydroxyl groups is 3. The Kier molecular flexibility index (Phi) is 37.9. The molecule has 0 aromatic heterocycles. The topological polar surface area (TPSA) is 186 Å². The molecule has 0 aliphatic carbocycles. The molecule has 1 aliphatic heterocycles. The number of unbranched alkanes of at least 4 members (excludes halogenated alkanes) is 9. The summed E-state index contributed by atoms with van der Waals surface area (Å²) in [5.74, 6) is -2.09. The van der Waals surface area contributed by atoms with E-state index in [1.54, 1.807) is 0 Å². The van der Waals surface area contributed by atoms with E-state index in [-0.39, 0.29) is 19.4 Å². The minimum atomic E-state index is -4.62. The molecule has 0 saturated carbocycles. The molecule has 1 aliphatic rings. The maximum atomic E-state index is 12.8. The third-order valence-electron chi connectivity index (χ3n) is 10.3. The number of carbonyl (C=O) groups excluding carboxylic acids is 2. The molecule has 66 heavy (non-hydrogen) atoms. The average Bonchev–Trinajstić information content (AvgIpc) is 3.28. The lowest BCUT2D eigenvalue weighted by Crippen LogP contribution is -2.60. The standard InChI is InChI=1S/C53H84O12S/c1-3-5-7-9-11-13-15-17-19-21-22-23-24-26-27-29-31-33-35-37-39-41-48(54)62-43-46(44-63-53-52(58)51(57)50(56)47(65-53)45-66(59,60)61)64-49(55)42-40-38-36-34-32-30-28-25-20-18-16-14-12-10-8-6-4-2/h5-8,11-14,17-20,22-23,28,30,34,36,46-47,50-53,56-58H,3-4,9-10,15-16,21,24-27,29,31-33,35,37-45H2,1-2H3,(H,59,60,61)/b7-5-,8-6-,13-11-,14-12-,19-17-,20-18-,23-22-,30-28-,36-34-. The second kappa shape index (κ2) is 41.5. The Morgan fingerprint density at radius 2 is 0.924 bits per heavy atom. The third kappa shape index (κ3) is 35.5. The molecule has 0 aromatic rings. The second-order valence-electron chi connectivity index (χ2n) is 16.4. The predicted octanol–water partition coefficient (Wildman–Crippen LogP) is 10.8. The van der Waals surface area contributed by atoms with Crippen molar-refractivity contribution in [2.75, 3.05) is 19.0 Å². The maximum absolute atomic E-state index is 12.8. The Hall–Kier alpha value is -3.69. The van der Waals surface area contributed by atoms with Crippen molar-refractivity contribution in [1.29, 1.82) is 0 Å². The van der Waals surface area contributed by atoms with Crippen LogP contribution in [0.3, 0.4) is 0 Å². The fourth-order valence-electron chi connectivity index (χ4n) is 6.64. The first-order chi connectivity index (χ1) is 32.0. The Labute approximate surface area is 397 Å². The Morgan fingerprint density at radius 1 is 0.515 bits per heavy atom. The summed E-state index contributed by atoms with van der Waals surface area (Å²) in [6.45, 7) is 3.47. The van der Waals surface area contributed by atoms with Crippen molar-refractivity contribution in [1.82, 2.24) is 0 Å². The largest absolute Gasteiger partial charge is 0.462 e. The van der Waals surface area contributed by atoms with E-state index >= 15 is 0 Å². The Balaban J connectivity index is 2.44. The molecule has 1 saturated heterocycles. The number of allylic oxidation sites excluding steroid dienone is 18. The zero-order chi connectivity index (χ0) is 48.4. The molecule has 6 atom stereocenters. The van der Waals surface area contributed by atoms with Crippen LogP contribution in [0, 0.1) is 0 Å². The van der Waals surface area contributed by atoms with E-state index in [2.05, 4.69) is 111 Å². The van der Waals surface area contributed by atoms with Gasteiger partial charge in [0.25, 0.3) is 10.1 Å². The average molecular weight is 945 g/mol. The molecule has 4 N–H and O–H groups in total. The van der Waals surface area contributed by atoms with Crippen molar-refractivity contribution in [3.05, 3.63) is 109 Å². The first-order valence-electron chi connectivity index (χ1n) is 24.4. The number of hydrogen-bond donors (Lipinski definition) is 4. The van der Waals surface area contributed by atoms with Crippen LogP contribution in [0.5, 0.6) is 0 Å². The van der Waals surface area contributed by atoms with Crippen LogP contribution in [-0.2, 0) is 38.7 Å². The highest BCUT2D eigenvalue weighted by Gasteiger charge is 2.46. The summed E-state index contributed by atoms with van der Waals surface area (Å²) >= 11 is 0. The minimum absolute atomic E-state index is 0.0773. The third-order valence-corrected chi connectivity index (χ3v) is 11.1. The fourth-order valence-corrected chi connectivity index (χ4v) is 7.33. The van der Waals surface area contributed by atoms with E-state index in [1.807, 2.05) is 12.2 Å². The minimum Gasteiger partial charge on any atom is -0.462 e. The summed E-state index contributed by atoms with van der Waals surface area (Å²) < 4.78 is 54.1. The van der Waals surface area contributed by atoms with Crippen LogP contribution in [0.2, 0.25) is 0 Å². The maximum Gasteiger partial charge on any atom is 0.306 e. The highest BCUT2D eigenvalue weighted by Crippen LogP contribution is 2.24. The molecule has 0 spiro atoms. The molecule has 6 unspecified atom stereocenters. The summed E-state index contributed by atoms with van der Waals surface area (Å²) in [7, 11) is -4.62. The van der Waals surface area contributed by atoms with Gasteiger partial charge in [-0.05, 0) is 89.9 Å². The number of aliphatic hydroxyl groups excluding tert-OH is 3. The van der Waals surface area contributed by atoms with Gasteiger partial charge < -0.3 is 34.3 Å². The zero-order valence-corrected chi connectivity index (χ0v) is 40.8. The van der Waals surface area contributed by atoms with E-state index in [0.29, 0.717) is 19.3 Å². The molecule has 12 nitrogen and oxygen atoms in total. The van der Waals surface area contributed by atoms with Crippen molar-refractivity contribution < 1.29 is 56.8 Å².